The van der Waals surface area contributed by atoms with Crippen molar-refractivity contribution in [3.05, 3.63) is 41.6 Å². The maximum absolute atomic E-state index is 13.2. The van der Waals surface area contributed by atoms with Crippen LogP contribution in [0.3, 0.4) is 0 Å². The molecule has 0 spiro atoms. The first-order chi connectivity index (χ1) is 13.2. The Morgan fingerprint density at radius 1 is 1.29 bits per heavy atom. The number of carbonyl (C=O) groups excluding carboxylic acids is 2. The Kier molecular flexibility index (Phi) is 5.48. The molecule has 2 amide bonds. The van der Waals surface area contributed by atoms with E-state index in [0.717, 1.165) is 24.7 Å². The second kappa shape index (κ2) is 7.55. The molecule has 3 rings (SSSR count). The molecule has 1 aromatic carbocycles. The monoisotopic (exact) mass is 403 g/mol. The van der Waals surface area contributed by atoms with Crippen molar-refractivity contribution in [2.45, 2.75) is 46.1 Å². The van der Waals surface area contributed by atoms with Crippen molar-refractivity contribution in [2.24, 2.45) is 5.73 Å². The summed E-state index contributed by atoms with van der Waals surface area (Å²) in [5.41, 5.74) is 6.85. The number of nitrogens with one attached hydrogen (secondary N) is 2. The van der Waals surface area contributed by atoms with Crippen LogP contribution >= 0.6 is 7.41 Å². The second-order valence-corrected chi connectivity index (χ2v) is 11.8. The van der Waals surface area contributed by atoms with Crippen LogP contribution in [0.5, 0.6) is 0 Å². The van der Waals surface area contributed by atoms with Gasteiger partial charge in [-0.05, 0) is 0 Å². The van der Waals surface area contributed by atoms with Gasteiger partial charge in [0.2, 0.25) is 0 Å². The number of aromatic nitrogens is 2. The summed E-state index contributed by atoms with van der Waals surface area (Å²) in [6.45, 7) is 8.93. The molecule has 1 aliphatic rings. The molecule has 1 aliphatic heterocycles. The van der Waals surface area contributed by atoms with Crippen LogP contribution in [-0.4, -0.2) is 34.0 Å². The molecule has 2 heterocycles. The first-order valence-corrected chi connectivity index (χ1v) is 12.0. The standard InChI is InChI=1S/C20H30N5O2P/c1-5-14-7-9-15(10-8-14)28(6-2,19(21)27)24-18(26)16-13-23-25-17(16)22-12-11-20(25,3)4/h7-10,13,22,28H,5-6,11-12H2,1-4H3,(H2,21,27)(H,24,26). The number of anilines is 1. The van der Waals surface area contributed by atoms with Gasteiger partial charge < -0.3 is 0 Å². The van der Waals surface area contributed by atoms with Gasteiger partial charge in [-0.2, -0.15) is 0 Å². The average molecular weight is 403 g/mol. The fourth-order valence-electron chi connectivity index (χ4n) is 3.77. The molecule has 8 heteroatoms. The van der Waals surface area contributed by atoms with Gasteiger partial charge in [-0.3, -0.25) is 0 Å². The van der Waals surface area contributed by atoms with Gasteiger partial charge in [0.05, 0.1) is 0 Å². The van der Waals surface area contributed by atoms with E-state index < -0.39 is 13.1 Å². The number of amides is 2. The molecular formula is C20H30N5O2P. The number of aryl methyl sites for hydroxylation is 1. The predicted molar refractivity (Wildman–Crippen MR) is 116 cm³/mol. The third-order valence-corrected chi connectivity index (χ3v) is 9.62. The Bertz CT molecular complexity index is 891. The van der Waals surface area contributed by atoms with E-state index in [1.807, 2.05) is 35.9 Å². The van der Waals surface area contributed by atoms with E-state index in [4.69, 9.17) is 5.73 Å². The van der Waals surface area contributed by atoms with E-state index >= 15 is 0 Å². The topological polar surface area (TPSA) is 102 Å². The number of nitrogens with two attached hydrogens (primary N) is 1. The Hall–Kier alpha value is -2.40. The van der Waals surface area contributed by atoms with Gasteiger partial charge in [0, 0.05) is 0 Å². The predicted octanol–water partition coefficient (Wildman–Crippen LogP) is 2.82. The van der Waals surface area contributed by atoms with Gasteiger partial charge in [-0.25, -0.2) is 0 Å². The first kappa shape index (κ1) is 20.3. The van der Waals surface area contributed by atoms with Gasteiger partial charge in [0.25, 0.3) is 0 Å². The van der Waals surface area contributed by atoms with Crippen LogP contribution in [-0.2, 0) is 12.0 Å². The molecule has 1 aromatic heterocycles. The van der Waals surface area contributed by atoms with Crippen molar-refractivity contribution < 1.29 is 9.59 Å². The van der Waals surface area contributed by atoms with Gasteiger partial charge in [0.1, 0.15) is 0 Å². The van der Waals surface area contributed by atoms with Gasteiger partial charge >= 0.3 is 166 Å². The summed E-state index contributed by atoms with van der Waals surface area (Å²) < 4.78 is 1.85. The number of benzene rings is 1. The number of fused-ring (bicyclic) bond motifs is 1. The van der Waals surface area contributed by atoms with Crippen LogP contribution in [0, 0.1) is 0 Å². The molecule has 7 nitrogen and oxygen atoms in total. The summed E-state index contributed by atoms with van der Waals surface area (Å²) in [5.74, 6) is 0.386. The molecule has 0 bridgehead atoms. The van der Waals surface area contributed by atoms with E-state index in [1.54, 1.807) is 6.20 Å². The normalized spacial score (nSPS) is 16.0. The van der Waals surface area contributed by atoms with Crippen molar-refractivity contribution in [1.82, 2.24) is 14.9 Å². The minimum atomic E-state index is -3.08. The summed E-state index contributed by atoms with van der Waals surface area (Å²) in [4.78, 5) is 25.7. The summed E-state index contributed by atoms with van der Waals surface area (Å²) in [6.07, 6.45) is 3.89. The van der Waals surface area contributed by atoms with Gasteiger partial charge in [-0.15, -0.1) is 0 Å². The van der Waals surface area contributed by atoms with Crippen molar-refractivity contribution in [3.63, 3.8) is 0 Å². The Morgan fingerprint density at radius 3 is 2.54 bits per heavy atom. The van der Waals surface area contributed by atoms with Crippen LogP contribution < -0.4 is 21.4 Å². The fourth-order valence-corrected chi connectivity index (χ4v) is 6.51. The molecule has 28 heavy (non-hydrogen) atoms. The maximum atomic E-state index is 13.2. The van der Waals surface area contributed by atoms with E-state index in [9.17, 15) is 9.59 Å². The summed E-state index contributed by atoms with van der Waals surface area (Å²) in [6, 6.07) is 7.84. The molecule has 0 atom stereocenters. The SMILES string of the molecule is CCc1ccc([PH](CC)(NC(=O)c2cnn3c2NCCC3(C)C)C(N)=O)cc1. The zero-order valence-electron chi connectivity index (χ0n) is 17.0. The van der Waals surface area contributed by atoms with E-state index in [0.29, 0.717) is 17.5 Å². The summed E-state index contributed by atoms with van der Waals surface area (Å²) in [5, 5.41) is 11.6. The zero-order chi connectivity index (χ0) is 20.5. The van der Waals surface area contributed by atoms with Crippen LogP contribution in [0.2, 0.25) is 0 Å². The van der Waals surface area contributed by atoms with Crippen LogP contribution in [0.15, 0.2) is 30.5 Å². The average Bonchev–Trinajstić information content (AvgIpc) is 3.11. The molecule has 4 N–H and O–H groups in total. The zero-order valence-corrected chi connectivity index (χ0v) is 18.0. The fraction of sp³-hybridized carbons (Fsp3) is 0.450. The Balaban J connectivity index is 1.97. The second-order valence-electron chi connectivity index (χ2n) is 7.94. The molecule has 0 saturated heterocycles. The Labute approximate surface area is 166 Å². The van der Waals surface area contributed by atoms with Crippen LogP contribution in [0.1, 0.15) is 50.0 Å². The molecule has 0 unspecified atom stereocenters. The quantitative estimate of drug-likeness (QED) is 0.646. The number of nitrogens with zero attached hydrogens (tertiary/aromatic N) is 2. The number of rotatable bonds is 6. The summed E-state index contributed by atoms with van der Waals surface area (Å²) >= 11 is 0. The third kappa shape index (κ3) is 3.39. The van der Waals surface area contributed by atoms with Crippen LogP contribution in [0.4, 0.5) is 10.6 Å². The van der Waals surface area contributed by atoms with Crippen molar-refractivity contribution in [1.29, 1.82) is 0 Å². The molecular weight excluding hydrogens is 373 g/mol. The van der Waals surface area contributed by atoms with E-state index in [1.165, 1.54) is 5.56 Å². The number of primary amides is 1. The summed E-state index contributed by atoms with van der Waals surface area (Å²) in [7, 11) is -3.08. The first-order valence-electron chi connectivity index (χ1n) is 9.79. The molecule has 0 fully saturated rings. The molecule has 0 aliphatic carbocycles. The number of hydrogen-bond acceptors (Lipinski definition) is 4. The number of carbonyl (C=O) groups is 2. The third-order valence-electron chi connectivity index (χ3n) is 5.75. The van der Waals surface area contributed by atoms with Gasteiger partial charge in [-0.1, -0.05) is 0 Å². The molecule has 0 radical (unpaired) electrons. The van der Waals surface area contributed by atoms with Crippen molar-refractivity contribution >= 4 is 30.1 Å². The number of hydrogen-bond donors (Lipinski definition) is 3. The molecule has 2 aromatic rings. The van der Waals surface area contributed by atoms with Crippen molar-refractivity contribution in [3.8, 4) is 0 Å². The Morgan fingerprint density at radius 2 is 1.96 bits per heavy atom. The molecule has 152 valence electrons. The van der Waals surface area contributed by atoms with Crippen LogP contribution in [0.25, 0.3) is 0 Å². The minimum absolute atomic E-state index is 0.169. The van der Waals surface area contributed by atoms with E-state index in [2.05, 4.69) is 36.3 Å². The van der Waals surface area contributed by atoms with Crippen molar-refractivity contribution in [2.75, 3.05) is 18.0 Å². The van der Waals surface area contributed by atoms with Gasteiger partial charge in [0.15, 0.2) is 0 Å². The van der Waals surface area contributed by atoms with E-state index in [-0.39, 0.29) is 11.4 Å². The molecule has 0 saturated carbocycles.